The normalized spacial score (nSPS) is 26.2. The molecule has 2 fully saturated rings. The molecule has 2 N–H and O–H groups in total. The summed E-state index contributed by atoms with van der Waals surface area (Å²) in [6.07, 6.45) is 3.59. The number of nitrogens with zero attached hydrogens (tertiary/aromatic N) is 3. The van der Waals surface area contributed by atoms with Crippen molar-refractivity contribution < 1.29 is 13.9 Å². The Balaban J connectivity index is 1.20. The molecule has 3 unspecified atom stereocenters. The van der Waals surface area contributed by atoms with Crippen molar-refractivity contribution in [1.29, 1.82) is 0 Å². The van der Waals surface area contributed by atoms with Crippen LogP contribution in [0.15, 0.2) is 30.5 Å². The number of nitrogens with one attached hydrogen (secondary N) is 2. The number of benzene rings is 1. The molecule has 1 aromatic carbocycles. The molecule has 29 heavy (non-hydrogen) atoms. The van der Waals surface area contributed by atoms with Gasteiger partial charge in [0.2, 0.25) is 11.9 Å². The molecule has 0 saturated heterocycles. The van der Waals surface area contributed by atoms with Crippen LogP contribution in [0.1, 0.15) is 25.6 Å². The molecule has 7 nitrogen and oxygen atoms in total. The number of H-pyrrole nitrogens is 1. The number of aryl methyl sites for hydroxylation is 1. The average Bonchev–Trinajstić information content (AvgIpc) is 3.00. The van der Waals surface area contributed by atoms with Gasteiger partial charge in [-0.1, -0.05) is 6.92 Å². The molecule has 2 aliphatic carbocycles. The zero-order valence-corrected chi connectivity index (χ0v) is 16.2. The Labute approximate surface area is 167 Å². The lowest BCUT2D eigenvalue weighted by atomic mass is 9.97. The van der Waals surface area contributed by atoms with E-state index in [2.05, 4.69) is 25.5 Å². The minimum Gasteiger partial charge on any atom is -0.490 e. The van der Waals surface area contributed by atoms with E-state index >= 15 is 0 Å². The summed E-state index contributed by atoms with van der Waals surface area (Å²) in [7, 11) is 0. The van der Waals surface area contributed by atoms with Crippen molar-refractivity contribution >= 4 is 22.8 Å². The van der Waals surface area contributed by atoms with Gasteiger partial charge >= 0.3 is 0 Å². The highest BCUT2D eigenvalue weighted by molar-refractivity contribution is 5.91. The number of halogens is 1. The fraction of sp³-hybridized carbons (Fsp3) is 0.429. The zero-order chi connectivity index (χ0) is 20.1. The topological polar surface area (TPSA) is 92.8 Å². The first-order chi connectivity index (χ1) is 14.0. The number of aromatic nitrogens is 4. The zero-order valence-electron chi connectivity index (χ0n) is 16.2. The van der Waals surface area contributed by atoms with Gasteiger partial charge in [0, 0.05) is 17.5 Å². The molecule has 1 amide bonds. The summed E-state index contributed by atoms with van der Waals surface area (Å²) < 4.78 is 19.8. The second-order valence-corrected chi connectivity index (χ2v) is 8.11. The van der Waals surface area contributed by atoms with Crippen LogP contribution in [0.5, 0.6) is 5.75 Å². The van der Waals surface area contributed by atoms with Gasteiger partial charge in [-0.15, -0.1) is 5.10 Å². The summed E-state index contributed by atoms with van der Waals surface area (Å²) in [4.78, 5) is 20.9. The van der Waals surface area contributed by atoms with Crippen LogP contribution in [0.4, 0.5) is 10.3 Å². The largest absolute Gasteiger partial charge is 0.490 e. The Hall–Kier alpha value is -3.03. The fourth-order valence-corrected chi connectivity index (χ4v) is 4.85. The quantitative estimate of drug-likeness (QED) is 0.690. The molecule has 5 atom stereocenters. The monoisotopic (exact) mass is 395 g/mol. The van der Waals surface area contributed by atoms with E-state index < -0.39 is 0 Å². The first-order valence-electron chi connectivity index (χ1n) is 9.90. The number of anilines is 1. The molecule has 0 bridgehead atoms. The van der Waals surface area contributed by atoms with Crippen molar-refractivity contribution in [3.05, 3.63) is 42.1 Å². The smallest absolute Gasteiger partial charge is 0.248 e. The number of hydrogen-bond donors (Lipinski definition) is 2. The predicted octanol–water partition coefficient (Wildman–Crippen LogP) is 3.48. The maximum Gasteiger partial charge on any atom is 0.248 e. The molecule has 5 rings (SSSR count). The van der Waals surface area contributed by atoms with Crippen LogP contribution in [-0.4, -0.2) is 32.2 Å². The number of rotatable bonds is 5. The minimum absolute atomic E-state index is 0.0449. The number of hydrogen-bond acceptors (Lipinski definition) is 5. The minimum atomic E-state index is -0.300. The van der Waals surface area contributed by atoms with Crippen molar-refractivity contribution in [3.8, 4) is 5.75 Å². The molecule has 8 heteroatoms. The Morgan fingerprint density at radius 2 is 2.10 bits per heavy atom. The lowest BCUT2D eigenvalue weighted by Gasteiger charge is -2.20. The second-order valence-electron chi connectivity index (χ2n) is 8.11. The van der Waals surface area contributed by atoms with Gasteiger partial charge in [-0.25, -0.2) is 4.39 Å². The van der Waals surface area contributed by atoms with E-state index in [-0.39, 0.29) is 23.7 Å². The van der Waals surface area contributed by atoms with E-state index in [1.54, 1.807) is 25.3 Å². The van der Waals surface area contributed by atoms with Crippen molar-refractivity contribution in [2.24, 2.45) is 23.7 Å². The highest BCUT2D eigenvalue weighted by atomic mass is 19.1. The molecule has 2 heterocycles. The summed E-state index contributed by atoms with van der Waals surface area (Å²) in [5.74, 6) is 2.55. The third kappa shape index (κ3) is 3.32. The summed E-state index contributed by atoms with van der Waals surface area (Å²) >= 11 is 0. The van der Waals surface area contributed by atoms with E-state index in [1.165, 1.54) is 12.1 Å². The molecule has 2 aromatic heterocycles. The highest BCUT2D eigenvalue weighted by Gasteiger charge is 2.59. The number of carbonyl (C=O) groups is 1. The summed E-state index contributed by atoms with van der Waals surface area (Å²) in [6.45, 7) is 3.75. The molecular formula is C21H22FN5O2. The molecular weight excluding hydrogens is 373 g/mol. The van der Waals surface area contributed by atoms with Gasteiger partial charge < -0.3 is 4.74 Å². The number of fused-ring (bicyclic) bond motifs is 2. The molecule has 150 valence electrons. The van der Waals surface area contributed by atoms with Gasteiger partial charge in [0.15, 0.2) is 0 Å². The Bertz CT molecular complexity index is 1070. The lowest BCUT2D eigenvalue weighted by molar-refractivity contribution is -0.120. The van der Waals surface area contributed by atoms with Gasteiger partial charge in [-0.05, 0) is 61.8 Å². The van der Waals surface area contributed by atoms with Gasteiger partial charge in [-0.2, -0.15) is 4.98 Å². The Morgan fingerprint density at radius 3 is 2.83 bits per heavy atom. The molecule has 0 radical (unpaired) electrons. The SMILES string of the molecule is Cc1nc(NC(=O)C(C)C2[C@H]3CC(Oc4ccnc5ccc(F)cc45)C[C@@H]23)n[nH]1. The third-order valence-electron chi connectivity index (χ3n) is 6.25. The van der Waals surface area contributed by atoms with Gasteiger partial charge in [-0.3, -0.25) is 20.2 Å². The predicted molar refractivity (Wildman–Crippen MR) is 105 cm³/mol. The first kappa shape index (κ1) is 18.0. The molecule has 0 aliphatic heterocycles. The van der Waals surface area contributed by atoms with E-state index in [0.29, 0.717) is 40.7 Å². The van der Waals surface area contributed by atoms with Crippen molar-refractivity contribution in [1.82, 2.24) is 20.2 Å². The van der Waals surface area contributed by atoms with Crippen LogP contribution < -0.4 is 10.1 Å². The summed E-state index contributed by atoms with van der Waals surface area (Å²) in [5.41, 5.74) is 0.720. The molecule has 2 aliphatic rings. The maximum atomic E-state index is 13.6. The van der Waals surface area contributed by atoms with Crippen LogP contribution in [0.25, 0.3) is 10.9 Å². The highest BCUT2D eigenvalue weighted by Crippen LogP contribution is 2.61. The number of pyridine rings is 1. The number of amides is 1. The van der Waals surface area contributed by atoms with Crippen molar-refractivity contribution in [2.75, 3.05) is 5.32 Å². The van der Waals surface area contributed by atoms with Crippen LogP contribution in [0.3, 0.4) is 0 Å². The van der Waals surface area contributed by atoms with Crippen molar-refractivity contribution in [3.63, 3.8) is 0 Å². The average molecular weight is 395 g/mol. The van der Waals surface area contributed by atoms with Gasteiger partial charge in [0.25, 0.3) is 0 Å². The number of carbonyl (C=O) groups excluding carboxylic acids is 1. The van der Waals surface area contributed by atoms with Gasteiger partial charge in [0.05, 0.1) is 11.6 Å². The van der Waals surface area contributed by atoms with E-state index in [9.17, 15) is 9.18 Å². The first-order valence-corrected chi connectivity index (χ1v) is 9.90. The van der Waals surface area contributed by atoms with Crippen LogP contribution >= 0.6 is 0 Å². The van der Waals surface area contributed by atoms with E-state index in [1.807, 2.05) is 6.92 Å². The standard InChI is InChI=1S/C21H22FN5O2/c1-10(20(28)25-21-24-11(2)26-27-21)19-14-8-13(9-15(14)19)29-18-5-6-23-17-4-3-12(22)7-16(17)18/h3-7,10,13-15,19H,8-9H2,1-2H3,(H2,24,25,26,27,28)/t10?,13?,14-,15+,19?. The lowest BCUT2D eigenvalue weighted by Crippen LogP contribution is -2.26. The third-order valence-corrected chi connectivity index (χ3v) is 6.25. The van der Waals surface area contributed by atoms with Crippen LogP contribution in [-0.2, 0) is 4.79 Å². The Kier molecular flexibility index (Phi) is 4.22. The van der Waals surface area contributed by atoms with Crippen LogP contribution in [0.2, 0.25) is 0 Å². The fourth-order valence-electron chi connectivity index (χ4n) is 4.85. The second kappa shape index (κ2) is 6.79. The number of aromatic amines is 1. The maximum absolute atomic E-state index is 13.6. The van der Waals surface area contributed by atoms with Crippen molar-refractivity contribution in [2.45, 2.75) is 32.8 Å². The van der Waals surface area contributed by atoms with Gasteiger partial charge in [0.1, 0.15) is 17.4 Å². The van der Waals surface area contributed by atoms with E-state index in [0.717, 1.165) is 18.4 Å². The van der Waals surface area contributed by atoms with Crippen LogP contribution in [0, 0.1) is 36.4 Å². The summed E-state index contributed by atoms with van der Waals surface area (Å²) in [6, 6.07) is 6.32. The number of ether oxygens (including phenoxy) is 1. The Morgan fingerprint density at radius 1 is 1.31 bits per heavy atom. The molecule has 3 aromatic rings. The molecule has 2 saturated carbocycles. The molecule has 0 spiro atoms. The summed E-state index contributed by atoms with van der Waals surface area (Å²) in [5, 5.41) is 10.2. The van der Waals surface area contributed by atoms with E-state index in [4.69, 9.17) is 4.74 Å².